The zero-order valence-corrected chi connectivity index (χ0v) is 11.1. The first-order valence-electron chi connectivity index (χ1n) is 6.18. The zero-order chi connectivity index (χ0) is 14.0. The van der Waals surface area contributed by atoms with Gasteiger partial charge in [0, 0.05) is 11.0 Å². The average molecular weight is 258 g/mol. The van der Waals surface area contributed by atoms with Crippen LogP contribution in [0.3, 0.4) is 0 Å². The lowest BCUT2D eigenvalue weighted by atomic mass is 9.77. The topological polar surface area (TPSA) is 60.7 Å². The highest BCUT2D eigenvalue weighted by Crippen LogP contribution is 2.34. The van der Waals surface area contributed by atoms with E-state index in [0.29, 0.717) is 5.56 Å². The van der Waals surface area contributed by atoms with Crippen molar-refractivity contribution >= 4 is 0 Å². The molecule has 3 N–H and O–H groups in total. The summed E-state index contributed by atoms with van der Waals surface area (Å²) in [6.45, 7) is 3.94. The molecule has 0 radical (unpaired) electrons. The van der Waals surface area contributed by atoms with Crippen LogP contribution in [0.1, 0.15) is 30.5 Å². The standard InChI is InChI=1S/C16H18O3/c1-16(2,12-3-6-14(18)7-4-12)13-5-8-15(19)11(9-13)10-17/h3-9,17-19H,10H2,1-2H3. The molecular formula is C16H18O3. The number of hydrogen-bond donors (Lipinski definition) is 3. The van der Waals surface area contributed by atoms with Crippen molar-refractivity contribution in [2.24, 2.45) is 0 Å². The summed E-state index contributed by atoms with van der Waals surface area (Å²) in [6, 6.07) is 12.3. The molecule has 0 amide bonds. The summed E-state index contributed by atoms with van der Waals surface area (Å²) in [5, 5.41) is 28.2. The number of aliphatic hydroxyl groups excluding tert-OH is 1. The van der Waals surface area contributed by atoms with E-state index < -0.39 is 0 Å². The Hall–Kier alpha value is -2.00. The summed E-state index contributed by atoms with van der Waals surface area (Å²) in [6.07, 6.45) is 0. The molecule has 0 unspecified atom stereocenters. The van der Waals surface area contributed by atoms with Gasteiger partial charge in [-0.3, -0.25) is 0 Å². The monoisotopic (exact) mass is 258 g/mol. The van der Waals surface area contributed by atoms with Crippen molar-refractivity contribution in [3.8, 4) is 11.5 Å². The van der Waals surface area contributed by atoms with Crippen molar-refractivity contribution in [3.05, 3.63) is 59.2 Å². The van der Waals surface area contributed by atoms with Gasteiger partial charge >= 0.3 is 0 Å². The van der Waals surface area contributed by atoms with Crippen LogP contribution in [-0.4, -0.2) is 15.3 Å². The van der Waals surface area contributed by atoms with Crippen molar-refractivity contribution in [3.63, 3.8) is 0 Å². The molecule has 3 heteroatoms. The average Bonchev–Trinajstić information content (AvgIpc) is 2.39. The second-order valence-corrected chi connectivity index (χ2v) is 5.17. The van der Waals surface area contributed by atoms with E-state index in [1.54, 1.807) is 18.2 Å². The van der Waals surface area contributed by atoms with E-state index in [1.807, 2.05) is 24.3 Å². The molecule has 100 valence electrons. The van der Waals surface area contributed by atoms with Crippen molar-refractivity contribution in [1.29, 1.82) is 0 Å². The van der Waals surface area contributed by atoms with Gasteiger partial charge < -0.3 is 15.3 Å². The zero-order valence-electron chi connectivity index (χ0n) is 11.1. The van der Waals surface area contributed by atoms with Gasteiger partial charge in [0.15, 0.2) is 0 Å². The van der Waals surface area contributed by atoms with Crippen molar-refractivity contribution in [2.75, 3.05) is 0 Å². The fourth-order valence-corrected chi connectivity index (χ4v) is 2.15. The maximum atomic E-state index is 9.61. The lowest BCUT2D eigenvalue weighted by Crippen LogP contribution is -2.19. The Bertz CT molecular complexity index is 571. The van der Waals surface area contributed by atoms with Crippen LogP contribution in [0.4, 0.5) is 0 Å². The maximum absolute atomic E-state index is 9.61. The molecular weight excluding hydrogens is 240 g/mol. The first-order chi connectivity index (χ1) is 8.95. The highest BCUT2D eigenvalue weighted by Gasteiger charge is 2.23. The highest BCUT2D eigenvalue weighted by atomic mass is 16.3. The number of phenols is 2. The third-order valence-corrected chi connectivity index (χ3v) is 3.56. The summed E-state index contributed by atoms with van der Waals surface area (Å²) < 4.78 is 0. The summed E-state index contributed by atoms with van der Waals surface area (Å²) >= 11 is 0. The predicted molar refractivity (Wildman–Crippen MR) is 74.3 cm³/mol. The Morgan fingerprint density at radius 1 is 0.895 bits per heavy atom. The van der Waals surface area contributed by atoms with Crippen LogP contribution in [-0.2, 0) is 12.0 Å². The van der Waals surface area contributed by atoms with Crippen LogP contribution in [0, 0.1) is 0 Å². The summed E-state index contributed by atoms with van der Waals surface area (Å²) in [5.41, 5.74) is 2.30. The fraction of sp³-hybridized carbons (Fsp3) is 0.250. The van der Waals surface area contributed by atoms with Gasteiger partial charge in [-0.2, -0.15) is 0 Å². The molecule has 0 fully saturated rings. The summed E-state index contributed by atoms with van der Waals surface area (Å²) in [7, 11) is 0. The summed E-state index contributed by atoms with van der Waals surface area (Å²) in [4.78, 5) is 0. The normalized spacial score (nSPS) is 11.5. The van der Waals surface area contributed by atoms with Crippen LogP contribution >= 0.6 is 0 Å². The molecule has 0 aliphatic carbocycles. The molecule has 0 spiro atoms. The second kappa shape index (κ2) is 4.94. The number of rotatable bonds is 3. The Balaban J connectivity index is 2.46. The van der Waals surface area contributed by atoms with Crippen LogP contribution < -0.4 is 0 Å². The molecule has 0 bridgehead atoms. The van der Waals surface area contributed by atoms with E-state index >= 15 is 0 Å². The first-order valence-corrected chi connectivity index (χ1v) is 6.18. The molecule has 0 aliphatic rings. The molecule has 0 aromatic heterocycles. The molecule has 0 aliphatic heterocycles. The first kappa shape index (κ1) is 13.4. The van der Waals surface area contributed by atoms with Gasteiger partial charge in [0.2, 0.25) is 0 Å². The van der Waals surface area contributed by atoms with Gasteiger partial charge in [-0.25, -0.2) is 0 Å². The third kappa shape index (κ3) is 2.56. The number of benzene rings is 2. The quantitative estimate of drug-likeness (QED) is 0.793. The van der Waals surface area contributed by atoms with E-state index in [4.69, 9.17) is 0 Å². The van der Waals surface area contributed by atoms with Crippen molar-refractivity contribution in [2.45, 2.75) is 25.9 Å². The molecule has 3 nitrogen and oxygen atoms in total. The molecule has 0 saturated heterocycles. The van der Waals surface area contributed by atoms with Gasteiger partial charge in [0.05, 0.1) is 6.61 Å². The van der Waals surface area contributed by atoms with Crippen molar-refractivity contribution in [1.82, 2.24) is 0 Å². The van der Waals surface area contributed by atoms with E-state index in [-0.39, 0.29) is 23.5 Å². The second-order valence-electron chi connectivity index (χ2n) is 5.17. The van der Waals surface area contributed by atoms with E-state index in [1.165, 1.54) is 0 Å². The van der Waals surface area contributed by atoms with Crippen molar-refractivity contribution < 1.29 is 15.3 Å². The number of aliphatic hydroxyl groups is 1. The third-order valence-electron chi connectivity index (χ3n) is 3.56. The highest BCUT2D eigenvalue weighted by molar-refractivity contribution is 5.44. The molecule has 19 heavy (non-hydrogen) atoms. The Labute approximate surface area is 112 Å². The lowest BCUT2D eigenvalue weighted by molar-refractivity contribution is 0.275. The van der Waals surface area contributed by atoms with Gasteiger partial charge in [-0.15, -0.1) is 0 Å². The lowest BCUT2D eigenvalue weighted by Gasteiger charge is -2.26. The smallest absolute Gasteiger partial charge is 0.121 e. The Morgan fingerprint density at radius 2 is 1.47 bits per heavy atom. The number of phenolic OH excluding ortho intramolecular Hbond substituents is 1. The number of hydrogen-bond acceptors (Lipinski definition) is 3. The number of aromatic hydroxyl groups is 2. The molecule has 0 atom stereocenters. The van der Waals surface area contributed by atoms with Gasteiger partial charge in [-0.05, 0) is 35.4 Å². The van der Waals surface area contributed by atoms with Crippen LogP contribution in [0.25, 0.3) is 0 Å². The maximum Gasteiger partial charge on any atom is 0.121 e. The molecule has 2 aromatic carbocycles. The molecule has 0 saturated carbocycles. The van der Waals surface area contributed by atoms with Crippen LogP contribution in [0.2, 0.25) is 0 Å². The minimum absolute atomic E-state index is 0.104. The van der Waals surface area contributed by atoms with Crippen LogP contribution in [0.5, 0.6) is 11.5 Å². The van der Waals surface area contributed by atoms with Gasteiger partial charge in [-0.1, -0.05) is 32.0 Å². The van der Waals surface area contributed by atoms with E-state index in [0.717, 1.165) is 11.1 Å². The van der Waals surface area contributed by atoms with E-state index in [9.17, 15) is 15.3 Å². The predicted octanol–water partition coefficient (Wildman–Crippen LogP) is 2.92. The fourth-order valence-electron chi connectivity index (χ4n) is 2.15. The van der Waals surface area contributed by atoms with E-state index in [2.05, 4.69) is 13.8 Å². The summed E-state index contributed by atoms with van der Waals surface area (Å²) in [5.74, 6) is 0.342. The Morgan fingerprint density at radius 3 is 2.05 bits per heavy atom. The Kier molecular flexibility index (Phi) is 3.49. The SMILES string of the molecule is CC(C)(c1ccc(O)cc1)c1ccc(O)c(CO)c1. The minimum Gasteiger partial charge on any atom is -0.508 e. The molecule has 0 heterocycles. The molecule has 2 rings (SSSR count). The minimum atomic E-state index is -0.272. The van der Waals surface area contributed by atoms with Gasteiger partial charge in [0.1, 0.15) is 11.5 Å². The molecule has 2 aromatic rings. The van der Waals surface area contributed by atoms with Gasteiger partial charge in [0.25, 0.3) is 0 Å². The largest absolute Gasteiger partial charge is 0.508 e. The van der Waals surface area contributed by atoms with Crippen LogP contribution in [0.15, 0.2) is 42.5 Å².